The predicted molar refractivity (Wildman–Crippen MR) is 153 cm³/mol. The predicted octanol–water partition coefficient (Wildman–Crippen LogP) is 4.97. The number of thioether (sulfide) groups is 1. The van der Waals surface area contributed by atoms with Crippen LogP contribution in [0.1, 0.15) is 66.7 Å². The monoisotopic (exact) mass is 575 g/mol. The van der Waals surface area contributed by atoms with Gasteiger partial charge in [0.25, 0.3) is 17.3 Å². The Hall–Kier alpha value is -2.20. The van der Waals surface area contributed by atoms with Crippen LogP contribution in [0.4, 0.5) is 0 Å². The number of carbonyl (C=O) groups is 1. The molecule has 1 unspecified atom stereocenters. The zero-order valence-electron chi connectivity index (χ0n) is 23.3. The van der Waals surface area contributed by atoms with Crippen molar-refractivity contribution in [2.24, 2.45) is 11.3 Å². The Labute approximate surface area is 238 Å². The van der Waals surface area contributed by atoms with Crippen LogP contribution in [-0.2, 0) is 11.3 Å². The van der Waals surface area contributed by atoms with Gasteiger partial charge in [0.1, 0.15) is 0 Å². The second-order valence-corrected chi connectivity index (χ2v) is 12.9. The first-order valence-corrected chi connectivity index (χ1v) is 15.2. The highest BCUT2D eigenvalue weighted by molar-refractivity contribution is 7.98. The number of carbonyl (C=O) groups excluding carboxylic acids is 1. The quantitative estimate of drug-likeness (QED) is 0.382. The molecule has 1 aromatic carbocycles. The van der Waals surface area contributed by atoms with Crippen LogP contribution in [0.2, 0.25) is 5.02 Å². The van der Waals surface area contributed by atoms with Crippen LogP contribution in [0.15, 0.2) is 21.8 Å². The van der Waals surface area contributed by atoms with Crippen LogP contribution >= 0.6 is 23.4 Å². The molecule has 3 heterocycles. The van der Waals surface area contributed by atoms with Gasteiger partial charge in [-0.25, -0.2) is 0 Å². The number of aryl methyl sites for hydroxylation is 1. The molecule has 212 valence electrons. The number of ether oxygens (including phenoxy) is 3. The van der Waals surface area contributed by atoms with Crippen molar-refractivity contribution >= 4 is 29.3 Å². The minimum Gasteiger partial charge on any atom is -0.448 e. The van der Waals surface area contributed by atoms with E-state index in [2.05, 4.69) is 22.5 Å². The third kappa shape index (κ3) is 5.69. The van der Waals surface area contributed by atoms with Gasteiger partial charge in [0, 0.05) is 64.7 Å². The topological polar surface area (TPSA) is 102 Å². The Morgan fingerprint density at radius 2 is 1.82 bits per heavy atom. The second-order valence-electron chi connectivity index (χ2n) is 11.7. The molecule has 2 aliphatic heterocycles. The molecule has 0 bridgehead atoms. The van der Waals surface area contributed by atoms with E-state index in [1.165, 1.54) is 11.8 Å². The van der Waals surface area contributed by atoms with Crippen molar-refractivity contribution in [3.05, 3.63) is 49.9 Å². The van der Waals surface area contributed by atoms with E-state index in [0.717, 1.165) is 56.0 Å². The molecule has 1 aromatic heterocycles. The van der Waals surface area contributed by atoms with Crippen LogP contribution in [0.5, 0.6) is 11.5 Å². The lowest BCUT2D eigenvalue weighted by Gasteiger charge is -2.41. The smallest absolute Gasteiger partial charge is 0.254 e. The van der Waals surface area contributed by atoms with Gasteiger partial charge in [-0.1, -0.05) is 18.5 Å². The molecule has 1 saturated carbocycles. The standard InChI is InChI=1S/C29H38ClN3O5S/c1-16-10-23(39-5)21(27(35)33-16)12-31-26(34)20-11-22(30)25-24(17(20)2)37-29(4,38-25)18-6-8-19(9-7-18)32-13-28(3)14-36-15-28/h10-11,18-19,32H,6-9,12-15H2,1-5H3,(H,31,34)(H,33,35). The minimum atomic E-state index is -0.840. The fraction of sp³-hybridized carbons (Fsp3) is 0.586. The molecule has 2 fully saturated rings. The van der Waals surface area contributed by atoms with Crippen molar-refractivity contribution in [3.63, 3.8) is 0 Å². The van der Waals surface area contributed by atoms with Gasteiger partial charge >= 0.3 is 0 Å². The van der Waals surface area contributed by atoms with Crippen LogP contribution in [0, 0.1) is 25.2 Å². The lowest BCUT2D eigenvalue weighted by Crippen LogP contribution is -2.51. The largest absolute Gasteiger partial charge is 0.448 e. The summed E-state index contributed by atoms with van der Waals surface area (Å²) in [5, 5.41) is 6.96. The number of aromatic amines is 1. The van der Waals surface area contributed by atoms with Crippen LogP contribution in [-0.4, -0.2) is 48.7 Å². The molecule has 1 amide bonds. The maximum atomic E-state index is 13.2. The number of amides is 1. The molecule has 8 nitrogen and oxygen atoms in total. The van der Waals surface area contributed by atoms with E-state index in [1.54, 1.807) is 6.07 Å². The molecule has 10 heteroatoms. The summed E-state index contributed by atoms with van der Waals surface area (Å²) in [4.78, 5) is 29.4. The number of pyridine rings is 1. The van der Waals surface area contributed by atoms with Gasteiger partial charge in [-0.15, -0.1) is 11.8 Å². The van der Waals surface area contributed by atoms with Crippen molar-refractivity contribution in [2.45, 2.75) is 76.6 Å². The molecule has 3 N–H and O–H groups in total. The van der Waals surface area contributed by atoms with Crippen molar-refractivity contribution < 1.29 is 19.0 Å². The van der Waals surface area contributed by atoms with Gasteiger partial charge in [-0.3, -0.25) is 9.59 Å². The Kier molecular flexibility index (Phi) is 7.99. The van der Waals surface area contributed by atoms with Crippen LogP contribution in [0.3, 0.4) is 0 Å². The van der Waals surface area contributed by atoms with Crippen molar-refractivity contribution in [3.8, 4) is 11.5 Å². The third-order valence-corrected chi connectivity index (χ3v) is 9.44. The molecule has 1 saturated heterocycles. The van der Waals surface area contributed by atoms with E-state index in [0.29, 0.717) is 39.3 Å². The summed E-state index contributed by atoms with van der Waals surface area (Å²) in [5.74, 6) is 0.0555. The number of aromatic nitrogens is 1. The summed E-state index contributed by atoms with van der Waals surface area (Å²) in [6.45, 7) is 10.7. The van der Waals surface area contributed by atoms with Crippen molar-refractivity contribution in [1.82, 2.24) is 15.6 Å². The van der Waals surface area contributed by atoms with Crippen molar-refractivity contribution in [1.29, 1.82) is 0 Å². The summed E-state index contributed by atoms with van der Waals surface area (Å²) in [6.07, 6.45) is 5.96. The van der Waals surface area contributed by atoms with E-state index in [4.69, 9.17) is 25.8 Å². The minimum absolute atomic E-state index is 0.108. The zero-order chi connectivity index (χ0) is 27.9. The van der Waals surface area contributed by atoms with Crippen molar-refractivity contribution in [2.75, 3.05) is 26.0 Å². The molecule has 5 rings (SSSR count). The van der Waals surface area contributed by atoms with Gasteiger partial charge in [-0.2, -0.15) is 0 Å². The highest BCUT2D eigenvalue weighted by Crippen LogP contribution is 2.51. The van der Waals surface area contributed by atoms with E-state index in [9.17, 15) is 9.59 Å². The first-order valence-electron chi connectivity index (χ1n) is 13.6. The number of hydrogen-bond acceptors (Lipinski definition) is 7. The fourth-order valence-corrected chi connectivity index (χ4v) is 6.75. The molecule has 39 heavy (non-hydrogen) atoms. The number of rotatable bonds is 8. The molecule has 3 aliphatic rings. The maximum absolute atomic E-state index is 13.2. The normalized spacial score (nSPS) is 25.3. The average Bonchev–Trinajstić information content (AvgIpc) is 3.27. The van der Waals surface area contributed by atoms with Crippen LogP contribution < -0.4 is 25.7 Å². The van der Waals surface area contributed by atoms with E-state index in [-0.39, 0.29) is 29.3 Å². The molecule has 0 radical (unpaired) electrons. The zero-order valence-corrected chi connectivity index (χ0v) is 24.9. The summed E-state index contributed by atoms with van der Waals surface area (Å²) in [7, 11) is 0. The summed E-state index contributed by atoms with van der Waals surface area (Å²) >= 11 is 8.10. The number of benzene rings is 1. The first kappa shape index (κ1) is 28.3. The van der Waals surface area contributed by atoms with E-state index < -0.39 is 5.79 Å². The second kappa shape index (κ2) is 11.0. The first-order chi connectivity index (χ1) is 18.5. The third-order valence-electron chi connectivity index (χ3n) is 8.36. The number of nitrogens with one attached hydrogen (secondary N) is 3. The average molecular weight is 576 g/mol. The molecule has 1 aliphatic carbocycles. The summed E-state index contributed by atoms with van der Waals surface area (Å²) in [5.41, 5.74) is 2.44. The molecular weight excluding hydrogens is 538 g/mol. The molecule has 2 aromatic rings. The lowest BCUT2D eigenvalue weighted by atomic mass is 9.80. The Morgan fingerprint density at radius 1 is 1.13 bits per heavy atom. The van der Waals surface area contributed by atoms with Gasteiger partial charge < -0.3 is 29.8 Å². The molecular formula is C29H38ClN3O5S. The number of fused-ring (bicyclic) bond motifs is 1. The van der Waals surface area contributed by atoms with Crippen LogP contribution in [0.25, 0.3) is 0 Å². The molecule has 0 spiro atoms. The molecule has 1 atom stereocenters. The Balaban J connectivity index is 1.25. The SMILES string of the molecule is CSc1cc(C)[nH]c(=O)c1CNC(=O)c1cc(Cl)c2c(c1C)OC(C)(C1CCC(NCC3(C)COC3)CC1)O2. The Morgan fingerprint density at radius 3 is 2.46 bits per heavy atom. The van der Waals surface area contributed by atoms with Gasteiger partial charge in [0.2, 0.25) is 0 Å². The fourth-order valence-electron chi connectivity index (χ4n) is 5.81. The van der Waals surface area contributed by atoms with E-state index in [1.807, 2.05) is 33.1 Å². The van der Waals surface area contributed by atoms with E-state index >= 15 is 0 Å². The Bertz CT molecular complexity index is 1320. The number of halogens is 1. The number of hydrogen-bond donors (Lipinski definition) is 3. The lowest BCUT2D eigenvalue weighted by molar-refractivity contribution is -0.123. The van der Waals surface area contributed by atoms with Gasteiger partial charge in [0.05, 0.1) is 18.2 Å². The number of H-pyrrole nitrogens is 1. The highest BCUT2D eigenvalue weighted by atomic mass is 35.5. The summed E-state index contributed by atoms with van der Waals surface area (Å²) < 4.78 is 18.2. The van der Waals surface area contributed by atoms with Gasteiger partial charge in [-0.05, 0) is 57.9 Å². The highest BCUT2D eigenvalue weighted by Gasteiger charge is 2.47. The maximum Gasteiger partial charge on any atom is 0.254 e. The van der Waals surface area contributed by atoms with Gasteiger partial charge in [0.15, 0.2) is 11.5 Å². The summed E-state index contributed by atoms with van der Waals surface area (Å²) in [6, 6.07) is 4.02.